The molecule has 5 heteroatoms. The van der Waals surface area contributed by atoms with E-state index in [9.17, 15) is 9.59 Å². The van der Waals surface area contributed by atoms with Crippen LogP contribution in [0.4, 0.5) is 11.4 Å². The van der Waals surface area contributed by atoms with Crippen LogP contribution in [0.15, 0.2) is 72.8 Å². The molecule has 3 N–H and O–H groups in total. The third-order valence-corrected chi connectivity index (χ3v) is 8.46. The quantitative estimate of drug-likeness (QED) is 0.384. The molecule has 0 aromatic heterocycles. The van der Waals surface area contributed by atoms with Gasteiger partial charge in [0.25, 0.3) is 11.8 Å². The van der Waals surface area contributed by atoms with Crippen molar-refractivity contribution < 1.29 is 9.59 Å². The van der Waals surface area contributed by atoms with Crippen molar-refractivity contribution in [3.8, 4) is 0 Å². The zero-order valence-electron chi connectivity index (χ0n) is 20.7. The van der Waals surface area contributed by atoms with Gasteiger partial charge in [0.2, 0.25) is 0 Å². The first-order valence-corrected chi connectivity index (χ1v) is 13.3. The number of para-hydroxylation sites is 1. The Balaban J connectivity index is 1.29. The number of carbonyl (C=O) groups is 2. The van der Waals surface area contributed by atoms with Gasteiger partial charge < -0.3 is 16.0 Å². The van der Waals surface area contributed by atoms with Crippen LogP contribution in [0, 0.1) is 17.8 Å². The molecule has 3 aliphatic rings. The van der Waals surface area contributed by atoms with E-state index in [-0.39, 0.29) is 11.8 Å². The highest BCUT2D eigenvalue weighted by Crippen LogP contribution is 2.63. The molecule has 3 aromatic carbocycles. The summed E-state index contributed by atoms with van der Waals surface area (Å²) in [5.41, 5.74) is 5.44. The molecular weight excluding hydrogens is 446 g/mol. The maximum Gasteiger partial charge on any atom is 0.255 e. The maximum atomic E-state index is 13.4. The van der Waals surface area contributed by atoms with E-state index in [1.165, 1.54) is 30.4 Å². The minimum absolute atomic E-state index is 0.167. The predicted molar refractivity (Wildman–Crippen MR) is 143 cm³/mol. The smallest absolute Gasteiger partial charge is 0.255 e. The number of amides is 2. The zero-order valence-corrected chi connectivity index (χ0v) is 20.7. The first-order chi connectivity index (χ1) is 17.6. The summed E-state index contributed by atoms with van der Waals surface area (Å²) in [5, 5.41) is 9.75. The molecule has 0 radical (unpaired) electrons. The van der Waals surface area contributed by atoms with Crippen molar-refractivity contribution in [2.45, 2.75) is 44.6 Å². The van der Waals surface area contributed by atoms with Crippen LogP contribution in [-0.2, 0) is 0 Å². The van der Waals surface area contributed by atoms with E-state index in [4.69, 9.17) is 0 Å². The van der Waals surface area contributed by atoms with E-state index in [1.54, 1.807) is 12.1 Å². The van der Waals surface area contributed by atoms with Crippen molar-refractivity contribution in [3.05, 3.63) is 95.1 Å². The average Bonchev–Trinajstić information content (AvgIpc) is 3.55. The van der Waals surface area contributed by atoms with Crippen LogP contribution in [0.3, 0.4) is 0 Å². The van der Waals surface area contributed by atoms with Crippen LogP contribution in [0.1, 0.15) is 76.4 Å². The van der Waals surface area contributed by atoms with Gasteiger partial charge in [0.05, 0.1) is 17.3 Å². The normalized spacial score (nSPS) is 25.4. The van der Waals surface area contributed by atoms with Crippen molar-refractivity contribution in [2.75, 3.05) is 17.2 Å². The number of hydrogen-bond acceptors (Lipinski definition) is 3. The van der Waals surface area contributed by atoms with Crippen LogP contribution < -0.4 is 16.0 Å². The number of fused-ring (bicyclic) bond motifs is 7. The lowest BCUT2D eigenvalue weighted by Gasteiger charge is -2.43. The Labute approximate surface area is 212 Å². The molecule has 36 heavy (non-hydrogen) atoms. The molecule has 1 heterocycles. The van der Waals surface area contributed by atoms with Crippen LogP contribution in [0.5, 0.6) is 0 Å². The number of anilines is 2. The molecular formula is C31H33N3O2. The molecule has 5 atom stereocenters. The summed E-state index contributed by atoms with van der Waals surface area (Å²) in [4.78, 5) is 26.0. The summed E-state index contributed by atoms with van der Waals surface area (Å²) in [6, 6.07) is 24.4. The molecule has 5 nitrogen and oxygen atoms in total. The van der Waals surface area contributed by atoms with E-state index in [0.717, 1.165) is 18.0 Å². The Bertz CT molecular complexity index is 1290. The second-order valence-electron chi connectivity index (χ2n) is 10.5. The second-order valence-corrected chi connectivity index (χ2v) is 10.5. The van der Waals surface area contributed by atoms with Gasteiger partial charge in [0.1, 0.15) is 0 Å². The van der Waals surface area contributed by atoms with E-state index in [1.807, 2.05) is 25.1 Å². The molecule has 0 saturated heterocycles. The zero-order chi connectivity index (χ0) is 24.6. The van der Waals surface area contributed by atoms with Gasteiger partial charge in [0, 0.05) is 17.8 Å². The summed E-state index contributed by atoms with van der Waals surface area (Å²) in [6.45, 7) is 2.62. The van der Waals surface area contributed by atoms with Gasteiger partial charge in [-0.3, -0.25) is 9.59 Å². The van der Waals surface area contributed by atoms with Crippen molar-refractivity contribution in [1.29, 1.82) is 0 Å². The van der Waals surface area contributed by atoms with Crippen LogP contribution in [-0.4, -0.2) is 18.4 Å². The van der Waals surface area contributed by atoms with Gasteiger partial charge in [-0.05, 0) is 90.8 Å². The van der Waals surface area contributed by atoms with Crippen LogP contribution in [0.2, 0.25) is 0 Å². The Kier molecular flexibility index (Phi) is 6.00. The minimum Gasteiger partial charge on any atom is -0.378 e. The number of nitrogens with one attached hydrogen (secondary N) is 3. The van der Waals surface area contributed by atoms with Crippen LogP contribution >= 0.6 is 0 Å². The lowest BCUT2D eigenvalue weighted by Crippen LogP contribution is -2.35. The first kappa shape index (κ1) is 22.8. The number of rotatable bonds is 6. The molecule has 2 aliphatic carbocycles. The molecule has 2 saturated carbocycles. The Morgan fingerprint density at radius 1 is 0.917 bits per heavy atom. The van der Waals surface area contributed by atoms with E-state index >= 15 is 0 Å². The van der Waals surface area contributed by atoms with Crippen LogP contribution in [0.25, 0.3) is 0 Å². The fourth-order valence-electron chi connectivity index (χ4n) is 6.94. The summed E-state index contributed by atoms with van der Waals surface area (Å²) in [5.74, 6) is 2.10. The monoisotopic (exact) mass is 479 g/mol. The van der Waals surface area contributed by atoms with Crippen molar-refractivity contribution in [2.24, 2.45) is 17.8 Å². The molecule has 2 fully saturated rings. The largest absolute Gasteiger partial charge is 0.378 e. The second kappa shape index (κ2) is 9.45. The van der Waals surface area contributed by atoms with Gasteiger partial charge >= 0.3 is 0 Å². The molecule has 3 aromatic rings. The van der Waals surface area contributed by atoms with E-state index in [2.05, 4.69) is 58.4 Å². The van der Waals surface area contributed by atoms with Gasteiger partial charge in [-0.25, -0.2) is 0 Å². The Morgan fingerprint density at radius 3 is 2.53 bits per heavy atom. The highest BCUT2D eigenvalue weighted by molar-refractivity contribution is 6.09. The summed E-state index contributed by atoms with van der Waals surface area (Å²) >= 11 is 0. The lowest BCUT2D eigenvalue weighted by molar-refractivity contribution is 0.0954. The highest BCUT2D eigenvalue weighted by Gasteiger charge is 2.53. The third-order valence-electron chi connectivity index (χ3n) is 8.46. The number of benzene rings is 3. The molecule has 0 unspecified atom stereocenters. The van der Waals surface area contributed by atoms with Crippen molar-refractivity contribution in [3.63, 3.8) is 0 Å². The lowest BCUT2D eigenvalue weighted by atomic mass is 9.68. The minimum atomic E-state index is -0.182. The number of carbonyl (C=O) groups excluding carboxylic acids is 2. The molecule has 0 spiro atoms. The molecule has 6 rings (SSSR count). The standard InChI is InChI=1S/C31H33N3O2/c1-2-16-32-31(36)23-10-6-7-11-25(23)34-30(35)22-14-15-26-24(18-22)27-20-12-13-21(17-20)28(27)29(33-26)19-8-4-3-5-9-19/h3-11,14-15,18,20-21,27-29,33H,2,12-13,16-17H2,1H3,(H,32,36)(H,34,35)/t20-,21-,27-,28-,29+/m0/s1. The SMILES string of the molecule is CCCNC(=O)c1ccccc1NC(=O)c1ccc2c(c1)[C@@H]1[C@H]3CC[C@@H](C3)[C@@H]1[C@@H](c1ccccc1)N2. The molecule has 2 bridgehead atoms. The number of hydrogen-bond donors (Lipinski definition) is 3. The fraction of sp³-hybridized carbons (Fsp3) is 0.355. The first-order valence-electron chi connectivity index (χ1n) is 13.3. The van der Waals surface area contributed by atoms with Crippen molar-refractivity contribution >= 4 is 23.2 Å². The van der Waals surface area contributed by atoms with E-state index < -0.39 is 0 Å². The Hall–Kier alpha value is -3.60. The highest BCUT2D eigenvalue weighted by atomic mass is 16.2. The van der Waals surface area contributed by atoms with Gasteiger partial charge in [0.15, 0.2) is 0 Å². The average molecular weight is 480 g/mol. The molecule has 1 aliphatic heterocycles. The van der Waals surface area contributed by atoms with Gasteiger partial charge in [-0.2, -0.15) is 0 Å². The Morgan fingerprint density at radius 2 is 1.69 bits per heavy atom. The fourth-order valence-corrected chi connectivity index (χ4v) is 6.94. The van der Waals surface area contributed by atoms with Gasteiger partial charge in [-0.15, -0.1) is 0 Å². The summed E-state index contributed by atoms with van der Waals surface area (Å²) in [6.07, 6.45) is 4.74. The topological polar surface area (TPSA) is 70.2 Å². The predicted octanol–water partition coefficient (Wildman–Crippen LogP) is 6.38. The van der Waals surface area contributed by atoms with Crippen molar-refractivity contribution in [1.82, 2.24) is 5.32 Å². The molecule has 184 valence electrons. The summed E-state index contributed by atoms with van der Waals surface area (Å²) in [7, 11) is 0. The van der Waals surface area contributed by atoms with Gasteiger partial charge in [-0.1, -0.05) is 49.4 Å². The summed E-state index contributed by atoms with van der Waals surface area (Å²) < 4.78 is 0. The molecule has 2 amide bonds. The maximum absolute atomic E-state index is 13.4. The third kappa shape index (κ3) is 3.97. The van der Waals surface area contributed by atoms with E-state index in [0.29, 0.717) is 47.2 Å².